The van der Waals surface area contributed by atoms with Crippen LogP contribution >= 0.6 is 0 Å². The minimum atomic E-state index is -0.941. The number of hydrogen-bond donors (Lipinski definition) is 3. The second-order valence-corrected chi connectivity index (χ2v) is 13.3. The van der Waals surface area contributed by atoms with Crippen LogP contribution in [0.1, 0.15) is 82.1 Å². The Morgan fingerprint density at radius 3 is 1.66 bits per heavy atom. The third-order valence-electron chi connectivity index (χ3n) is 8.04. The van der Waals surface area contributed by atoms with Gasteiger partial charge in [-0.05, 0) is 71.1 Å². The summed E-state index contributed by atoms with van der Waals surface area (Å²) in [6, 6.07) is 0. The molecule has 2 aliphatic carbocycles. The summed E-state index contributed by atoms with van der Waals surface area (Å²) in [6.45, 7) is 19.7. The Morgan fingerprint density at radius 2 is 1.16 bits per heavy atom. The number of aliphatic hydroxyl groups excluding tert-OH is 3. The highest BCUT2D eigenvalue weighted by Gasteiger charge is 2.38. The van der Waals surface area contributed by atoms with Gasteiger partial charge < -0.3 is 15.3 Å². The lowest BCUT2D eigenvalue weighted by Gasteiger charge is -2.37. The van der Waals surface area contributed by atoms with Gasteiger partial charge in [0.15, 0.2) is 5.78 Å². The molecule has 234 valence electrons. The van der Waals surface area contributed by atoms with Gasteiger partial charge in [0, 0.05) is 27.5 Å². The van der Waals surface area contributed by atoms with E-state index in [4.69, 9.17) is 0 Å². The van der Waals surface area contributed by atoms with E-state index in [1.54, 1.807) is 6.92 Å². The molecular formula is C40H50O4. The van der Waals surface area contributed by atoms with Gasteiger partial charge in [-0.25, -0.2) is 0 Å². The van der Waals surface area contributed by atoms with E-state index in [-0.39, 0.29) is 16.6 Å². The molecule has 2 rings (SSSR count). The van der Waals surface area contributed by atoms with E-state index in [0.29, 0.717) is 18.4 Å². The molecule has 0 unspecified atom stereocenters. The average Bonchev–Trinajstić information content (AvgIpc) is 2.92. The van der Waals surface area contributed by atoms with Crippen LogP contribution in [-0.2, 0) is 4.79 Å². The summed E-state index contributed by atoms with van der Waals surface area (Å²) in [6.07, 6.45) is 18.3. The molecule has 0 aromatic rings. The first-order chi connectivity index (χ1) is 20.5. The highest BCUT2D eigenvalue weighted by Crippen LogP contribution is 2.40. The summed E-state index contributed by atoms with van der Waals surface area (Å²) in [5.74, 6) is 12.5. The molecule has 0 bridgehead atoms. The first kappa shape index (κ1) is 36.5. The second kappa shape index (κ2) is 15.9. The molecular weight excluding hydrogens is 544 g/mol. The van der Waals surface area contributed by atoms with Crippen LogP contribution in [0.25, 0.3) is 0 Å². The first-order valence-electron chi connectivity index (χ1n) is 15.2. The minimum absolute atomic E-state index is 0.226. The van der Waals surface area contributed by atoms with Crippen molar-refractivity contribution in [2.24, 2.45) is 10.8 Å². The number of Topliss-reactive ketones (excluding diaryl/α,β-unsaturated/α-hetero) is 1. The topological polar surface area (TPSA) is 77.8 Å². The molecule has 0 fully saturated rings. The molecule has 0 saturated heterocycles. The Balaban J connectivity index is 1.98. The predicted molar refractivity (Wildman–Crippen MR) is 183 cm³/mol. The van der Waals surface area contributed by atoms with E-state index in [2.05, 4.69) is 37.5 Å². The zero-order chi connectivity index (χ0) is 33.2. The maximum absolute atomic E-state index is 12.2. The van der Waals surface area contributed by atoms with Gasteiger partial charge in [0.05, 0.1) is 6.10 Å². The SMILES string of the molecule is CC1=C(C#C/C(C)=C/C=C/C(C)=C/C=C/C=C(C)/C=C/C=C(\C)C#CC2=C(C)[C@H](O)[C@@H](O)CC2(C)C)C(C)(C)C[C@H](O)C1=O. The lowest BCUT2D eigenvalue weighted by molar-refractivity contribution is -0.125. The largest absolute Gasteiger partial charge is 0.390 e. The molecule has 0 aliphatic heterocycles. The van der Waals surface area contributed by atoms with Crippen molar-refractivity contribution in [2.75, 3.05) is 0 Å². The quantitative estimate of drug-likeness (QED) is 0.219. The summed E-state index contributed by atoms with van der Waals surface area (Å²) in [5.41, 5.74) is 6.42. The van der Waals surface area contributed by atoms with Crippen LogP contribution in [-0.4, -0.2) is 39.4 Å². The lowest BCUT2D eigenvalue weighted by Crippen LogP contribution is -2.39. The zero-order valence-corrected chi connectivity index (χ0v) is 28.2. The van der Waals surface area contributed by atoms with Crippen LogP contribution in [0.4, 0.5) is 0 Å². The van der Waals surface area contributed by atoms with E-state index >= 15 is 0 Å². The molecule has 4 heteroatoms. The number of carbonyl (C=O) groups is 1. The molecule has 3 atom stereocenters. The van der Waals surface area contributed by atoms with Gasteiger partial charge in [-0.1, -0.05) is 123 Å². The Hall–Kier alpha value is -3.67. The van der Waals surface area contributed by atoms with Crippen LogP contribution in [0.2, 0.25) is 0 Å². The molecule has 4 nitrogen and oxygen atoms in total. The number of allylic oxidation sites excluding steroid dienone is 16. The number of aliphatic hydroxyl groups is 3. The highest BCUT2D eigenvalue weighted by atomic mass is 16.3. The van der Waals surface area contributed by atoms with Crippen molar-refractivity contribution in [1.29, 1.82) is 0 Å². The summed E-state index contributed by atoms with van der Waals surface area (Å²) in [5, 5.41) is 30.3. The van der Waals surface area contributed by atoms with Gasteiger partial charge >= 0.3 is 0 Å². The fraction of sp³-hybridized carbons (Fsp3) is 0.425. The molecule has 44 heavy (non-hydrogen) atoms. The average molecular weight is 595 g/mol. The molecule has 0 aromatic heterocycles. The van der Waals surface area contributed by atoms with E-state index in [1.165, 1.54) is 0 Å². The van der Waals surface area contributed by atoms with Crippen molar-refractivity contribution in [3.8, 4) is 23.7 Å². The Bertz CT molecular complexity index is 1520. The fourth-order valence-electron chi connectivity index (χ4n) is 5.42. The van der Waals surface area contributed by atoms with Crippen LogP contribution < -0.4 is 0 Å². The number of ketones is 1. The summed E-state index contributed by atoms with van der Waals surface area (Å²) >= 11 is 0. The molecule has 0 aromatic carbocycles. The minimum Gasteiger partial charge on any atom is -0.390 e. The molecule has 3 N–H and O–H groups in total. The van der Waals surface area contributed by atoms with Crippen molar-refractivity contribution >= 4 is 5.78 Å². The predicted octanol–water partition coefficient (Wildman–Crippen LogP) is 7.59. The standard InChI is InChI=1S/C40H50O4/c1-27(17-13-19-29(3)21-23-33-31(5)37(43)35(41)25-39(33,7)8)15-11-12-16-28(2)18-14-20-30(4)22-24-34-32(6)38(44)36(42)26-40(34,9)10/h11-20,35-37,41-43H,25-26H2,1-10H3/b12-11+,17-13+,18-14+,27-15+,28-16+,29-19+,30-20+/t35-,36-,37-/m0/s1. The number of hydrogen-bond acceptors (Lipinski definition) is 4. The fourth-order valence-corrected chi connectivity index (χ4v) is 5.42. The van der Waals surface area contributed by atoms with Gasteiger partial charge in [-0.15, -0.1) is 0 Å². The normalized spacial score (nSPS) is 25.1. The van der Waals surface area contributed by atoms with E-state index in [0.717, 1.165) is 39.0 Å². The van der Waals surface area contributed by atoms with Gasteiger partial charge in [0.1, 0.15) is 12.2 Å². The monoisotopic (exact) mass is 594 g/mol. The van der Waals surface area contributed by atoms with Crippen LogP contribution in [0, 0.1) is 34.5 Å². The first-order valence-corrected chi connectivity index (χ1v) is 15.2. The van der Waals surface area contributed by atoms with Crippen LogP contribution in [0.5, 0.6) is 0 Å². The molecule has 2 aliphatic rings. The van der Waals surface area contributed by atoms with Gasteiger partial charge in [0.25, 0.3) is 0 Å². The van der Waals surface area contributed by atoms with Crippen molar-refractivity contribution in [2.45, 2.75) is 100 Å². The third-order valence-corrected chi connectivity index (χ3v) is 8.04. The van der Waals surface area contributed by atoms with E-state index in [9.17, 15) is 20.1 Å². The van der Waals surface area contributed by atoms with Crippen molar-refractivity contribution in [1.82, 2.24) is 0 Å². The zero-order valence-electron chi connectivity index (χ0n) is 28.2. The van der Waals surface area contributed by atoms with E-state index < -0.39 is 18.3 Å². The Labute approximate surface area is 265 Å². The summed E-state index contributed by atoms with van der Waals surface area (Å²) in [4.78, 5) is 12.2. The molecule has 0 spiro atoms. The smallest absolute Gasteiger partial charge is 0.187 e. The molecule has 0 radical (unpaired) electrons. The van der Waals surface area contributed by atoms with Crippen molar-refractivity contribution in [3.63, 3.8) is 0 Å². The highest BCUT2D eigenvalue weighted by molar-refractivity contribution is 6.00. The van der Waals surface area contributed by atoms with Crippen LogP contribution in [0.15, 0.2) is 105 Å². The van der Waals surface area contributed by atoms with Gasteiger partial charge in [-0.2, -0.15) is 0 Å². The summed E-state index contributed by atoms with van der Waals surface area (Å²) in [7, 11) is 0. The summed E-state index contributed by atoms with van der Waals surface area (Å²) < 4.78 is 0. The molecule has 0 heterocycles. The Kier molecular flexibility index (Phi) is 13.2. The number of carbonyl (C=O) groups excluding carboxylic acids is 1. The number of rotatable bonds is 6. The van der Waals surface area contributed by atoms with Gasteiger partial charge in [-0.3, -0.25) is 4.79 Å². The maximum Gasteiger partial charge on any atom is 0.187 e. The van der Waals surface area contributed by atoms with Gasteiger partial charge in [0.2, 0.25) is 0 Å². The van der Waals surface area contributed by atoms with Crippen molar-refractivity contribution < 1.29 is 20.1 Å². The Morgan fingerprint density at radius 1 is 0.705 bits per heavy atom. The third kappa shape index (κ3) is 10.5. The lowest BCUT2D eigenvalue weighted by atomic mass is 9.71. The maximum atomic E-state index is 12.2. The second-order valence-electron chi connectivity index (χ2n) is 13.3. The molecule has 0 amide bonds. The molecule has 0 saturated carbocycles. The van der Waals surface area contributed by atoms with E-state index in [1.807, 2.05) is 109 Å². The van der Waals surface area contributed by atoms with Crippen molar-refractivity contribution in [3.05, 3.63) is 105 Å². The van der Waals surface area contributed by atoms with Crippen LogP contribution in [0.3, 0.4) is 0 Å².